The minimum Gasteiger partial charge on any atom is -0.497 e. The van der Waals surface area contributed by atoms with Crippen LogP contribution in [0.3, 0.4) is 0 Å². The van der Waals surface area contributed by atoms with Crippen molar-refractivity contribution in [2.75, 3.05) is 26.8 Å². The molecule has 1 aliphatic carbocycles. The van der Waals surface area contributed by atoms with Crippen molar-refractivity contribution in [3.63, 3.8) is 0 Å². The number of hydrogen-bond donors (Lipinski definition) is 0. The first-order valence-corrected chi connectivity index (χ1v) is 8.50. The Morgan fingerprint density at radius 2 is 1.95 bits per heavy atom. The Morgan fingerprint density at radius 1 is 1.18 bits per heavy atom. The first-order chi connectivity index (χ1) is 10.5. The minimum atomic E-state index is 0.0898. The summed E-state index contributed by atoms with van der Waals surface area (Å²) < 4.78 is 11.5. The summed E-state index contributed by atoms with van der Waals surface area (Å²) in [6, 6.07) is 8.45. The van der Waals surface area contributed by atoms with Crippen LogP contribution in [0.25, 0.3) is 0 Å². The van der Waals surface area contributed by atoms with Gasteiger partial charge >= 0.3 is 0 Å². The van der Waals surface area contributed by atoms with Crippen molar-refractivity contribution >= 4 is 0 Å². The van der Waals surface area contributed by atoms with Gasteiger partial charge in [-0.05, 0) is 48.8 Å². The van der Waals surface area contributed by atoms with Gasteiger partial charge in [-0.2, -0.15) is 0 Å². The summed E-state index contributed by atoms with van der Waals surface area (Å²) in [5, 5.41) is 0. The van der Waals surface area contributed by atoms with E-state index in [9.17, 15) is 0 Å². The van der Waals surface area contributed by atoms with Crippen LogP contribution in [0, 0.1) is 5.41 Å². The fourth-order valence-electron chi connectivity index (χ4n) is 4.24. The molecule has 0 N–H and O–H groups in total. The Bertz CT molecular complexity index is 493. The molecule has 0 radical (unpaired) electrons. The molecule has 1 aliphatic heterocycles. The first-order valence-electron chi connectivity index (χ1n) is 8.50. The van der Waals surface area contributed by atoms with E-state index in [2.05, 4.69) is 43.0 Å². The lowest BCUT2D eigenvalue weighted by atomic mass is 9.69. The summed E-state index contributed by atoms with van der Waals surface area (Å²) >= 11 is 0. The van der Waals surface area contributed by atoms with Crippen LogP contribution in [0.5, 0.6) is 5.75 Å². The van der Waals surface area contributed by atoms with Gasteiger partial charge in [0.1, 0.15) is 5.75 Å². The highest BCUT2D eigenvalue weighted by Gasteiger charge is 2.43. The molecule has 2 aliphatic rings. The molecule has 1 saturated carbocycles. The maximum atomic E-state index is 6.28. The van der Waals surface area contributed by atoms with Gasteiger partial charge in [0.25, 0.3) is 0 Å². The molecule has 22 heavy (non-hydrogen) atoms. The van der Waals surface area contributed by atoms with E-state index in [1.807, 2.05) is 0 Å². The zero-order valence-electron chi connectivity index (χ0n) is 14.2. The van der Waals surface area contributed by atoms with Crippen LogP contribution in [0.15, 0.2) is 24.3 Å². The number of methoxy groups -OCH3 is 1. The molecule has 2 fully saturated rings. The van der Waals surface area contributed by atoms with Crippen molar-refractivity contribution in [2.24, 2.45) is 5.41 Å². The van der Waals surface area contributed by atoms with E-state index in [4.69, 9.17) is 9.47 Å². The molecule has 1 aromatic rings. The fourth-order valence-corrected chi connectivity index (χ4v) is 4.24. The Hall–Kier alpha value is -1.06. The molecule has 1 heterocycles. The van der Waals surface area contributed by atoms with E-state index in [1.54, 1.807) is 7.11 Å². The molecule has 0 amide bonds. The van der Waals surface area contributed by atoms with Crippen LogP contribution in [-0.4, -0.2) is 37.3 Å². The quantitative estimate of drug-likeness (QED) is 0.846. The summed E-state index contributed by atoms with van der Waals surface area (Å²) in [4.78, 5) is 2.56. The van der Waals surface area contributed by atoms with Gasteiger partial charge in [-0.3, -0.25) is 4.90 Å². The van der Waals surface area contributed by atoms with E-state index in [-0.39, 0.29) is 5.60 Å². The highest BCUT2D eigenvalue weighted by atomic mass is 16.5. The maximum absolute atomic E-state index is 6.28. The zero-order valence-corrected chi connectivity index (χ0v) is 14.2. The minimum absolute atomic E-state index is 0.0898. The number of ether oxygens (including phenoxy) is 2. The number of nitrogens with zero attached hydrogens (tertiary/aromatic N) is 1. The van der Waals surface area contributed by atoms with Crippen molar-refractivity contribution in [1.82, 2.24) is 4.90 Å². The van der Waals surface area contributed by atoms with Crippen LogP contribution in [0.1, 0.15) is 45.1 Å². The summed E-state index contributed by atoms with van der Waals surface area (Å²) in [5.41, 5.74) is 1.86. The fraction of sp³-hybridized carbons (Fsp3) is 0.684. The van der Waals surface area contributed by atoms with E-state index >= 15 is 0 Å². The van der Waals surface area contributed by atoms with Gasteiger partial charge in [0.05, 0.1) is 19.3 Å². The van der Waals surface area contributed by atoms with Crippen molar-refractivity contribution < 1.29 is 9.47 Å². The van der Waals surface area contributed by atoms with Crippen LogP contribution in [0.2, 0.25) is 0 Å². The Labute approximate surface area is 134 Å². The molecule has 3 heteroatoms. The highest BCUT2D eigenvalue weighted by Crippen LogP contribution is 2.44. The van der Waals surface area contributed by atoms with Crippen LogP contribution < -0.4 is 4.74 Å². The lowest BCUT2D eigenvalue weighted by molar-refractivity contribution is -0.148. The standard InChI is InChI=1S/C19H29NO2/c1-18(2)9-4-10-19(14-18)15-20(11-12-22-19)13-16-5-7-17(21-3)8-6-16/h5-8H,4,9-15H2,1-3H3. The zero-order chi connectivity index (χ0) is 15.6. The summed E-state index contributed by atoms with van der Waals surface area (Å²) in [6.45, 7) is 8.76. The second-order valence-corrected chi connectivity index (χ2v) is 7.78. The van der Waals surface area contributed by atoms with Crippen molar-refractivity contribution in [3.8, 4) is 5.75 Å². The summed E-state index contributed by atoms with van der Waals surface area (Å²) in [5.74, 6) is 0.927. The van der Waals surface area contributed by atoms with Crippen molar-refractivity contribution in [2.45, 2.75) is 51.7 Å². The van der Waals surface area contributed by atoms with Gasteiger partial charge in [0.2, 0.25) is 0 Å². The Balaban J connectivity index is 1.65. The molecule has 0 bridgehead atoms. The van der Waals surface area contributed by atoms with E-state index < -0.39 is 0 Å². The third-order valence-corrected chi connectivity index (χ3v) is 5.18. The maximum Gasteiger partial charge on any atom is 0.118 e. The number of hydrogen-bond acceptors (Lipinski definition) is 3. The number of rotatable bonds is 3. The lowest BCUT2D eigenvalue weighted by Crippen LogP contribution is -2.54. The van der Waals surface area contributed by atoms with Gasteiger partial charge in [-0.15, -0.1) is 0 Å². The van der Waals surface area contributed by atoms with Gasteiger partial charge in [-0.1, -0.05) is 26.0 Å². The average molecular weight is 303 g/mol. The molecular formula is C19H29NO2. The average Bonchev–Trinajstić information content (AvgIpc) is 2.47. The molecule has 3 rings (SSSR count). The molecular weight excluding hydrogens is 274 g/mol. The van der Waals surface area contributed by atoms with Gasteiger partial charge in [-0.25, -0.2) is 0 Å². The second-order valence-electron chi connectivity index (χ2n) is 7.78. The Morgan fingerprint density at radius 3 is 2.64 bits per heavy atom. The van der Waals surface area contributed by atoms with Crippen molar-refractivity contribution in [1.29, 1.82) is 0 Å². The summed E-state index contributed by atoms with van der Waals surface area (Å²) in [7, 11) is 1.71. The monoisotopic (exact) mass is 303 g/mol. The normalized spacial score (nSPS) is 28.7. The van der Waals surface area contributed by atoms with E-state index in [0.29, 0.717) is 5.41 Å². The predicted octanol–water partition coefficient (Wildman–Crippen LogP) is 3.87. The first kappa shape index (κ1) is 15.8. The largest absolute Gasteiger partial charge is 0.497 e. The smallest absolute Gasteiger partial charge is 0.118 e. The van der Waals surface area contributed by atoms with Crippen LogP contribution in [0.4, 0.5) is 0 Å². The molecule has 122 valence electrons. The Kier molecular flexibility index (Phi) is 4.47. The second kappa shape index (κ2) is 6.21. The predicted molar refractivity (Wildman–Crippen MR) is 89.2 cm³/mol. The number of morpholine rings is 1. The van der Waals surface area contributed by atoms with Crippen LogP contribution in [-0.2, 0) is 11.3 Å². The molecule has 3 nitrogen and oxygen atoms in total. The molecule has 0 aromatic heterocycles. The van der Waals surface area contributed by atoms with E-state index in [1.165, 1.54) is 31.2 Å². The third kappa shape index (κ3) is 3.64. The summed E-state index contributed by atoms with van der Waals surface area (Å²) in [6.07, 6.45) is 5.04. The molecule has 1 aromatic carbocycles. The lowest BCUT2D eigenvalue weighted by Gasteiger charge is -2.49. The number of benzene rings is 1. The molecule has 1 atom stereocenters. The topological polar surface area (TPSA) is 21.7 Å². The van der Waals surface area contributed by atoms with Crippen LogP contribution >= 0.6 is 0 Å². The third-order valence-electron chi connectivity index (χ3n) is 5.18. The molecule has 1 unspecified atom stereocenters. The molecule has 1 saturated heterocycles. The SMILES string of the molecule is COc1ccc(CN2CCOC3(CCCC(C)(C)C3)C2)cc1. The molecule has 1 spiro atoms. The van der Waals surface area contributed by atoms with Gasteiger partial charge in [0, 0.05) is 19.6 Å². The van der Waals surface area contributed by atoms with Crippen molar-refractivity contribution in [3.05, 3.63) is 29.8 Å². The van der Waals surface area contributed by atoms with Gasteiger partial charge in [0.15, 0.2) is 0 Å². The highest BCUT2D eigenvalue weighted by molar-refractivity contribution is 5.27. The van der Waals surface area contributed by atoms with E-state index in [0.717, 1.165) is 32.0 Å². The van der Waals surface area contributed by atoms with Gasteiger partial charge < -0.3 is 9.47 Å².